The van der Waals surface area contributed by atoms with E-state index in [1.54, 1.807) is 12.1 Å². The summed E-state index contributed by atoms with van der Waals surface area (Å²) in [5, 5.41) is 2.72. The first kappa shape index (κ1) is 20.1. The second-order valence-electron chi connectivity index (χ2n) is 7.80. The Bertz CT molecular complexity index is 798. The fourth-order valence-corrected chi connectivity index (χ4v) is 5.36. The molecule has 1 aromatic carbocycles. The molecule has 2 fully saturated rings. The predicted molar refractivity (Wildman–Crippen MR) is 104 cm³/mol. The highest BCUT2D eigenvalue weighted by molar-refractivity contribution is 7.92. The topological polar surface area (TPSA) is 69.7 Å². The van der Waals surface area contributed by atoms with E-state index in [-0.39, 0.29) is 12.1 Å². The number of anilines is 1. The van der Waals surface area contributed by atoms with Crippen LogP contribution < -0.4 is 10.2 Å². The normalized spacial score (nSPS) is 20.6. The lowest BCUT2D eigenvalue weighted by Crippen LogP contribution is -2.46. The van der Waals surface area contributed by atoms with E-state index < -0.39 is 26.3 Å². The molecule has 3 rings (SSSR count). The molecular weight excluding hydrogens is 369 g/mol. The minimum Gasteiger partial charge on any atom is -0.367 e. The Hall–Kier alpha value is -1.67. The SMILES string of the molecule is CN1CCN(c2ccc(C(=O)NCC3(S(C)(=O)=O)CCCC3)cc2F)CC1. The van der Waals surface area contributed by atoms with Gasteiger partial charge in [-0.1, -0.05) is 12.8 Å². The van der Waals surface area contributed by atoms with E-state index >= 15 is 0 Å². The Morgan fingerprint density at radius 1 is 1.19 bits per heavy atom. The van der Waals surface area contributed by atoms with Gasteiger partial charge in [-0.3, -0.25) is 4.79 Å². The van der Waals surface area contributed by atoms with Crippen molar-refractivity contribution in [2.45, 2.75) is 30.4 Å². The molecule has 8 heteroatoms. The second-order valence-corrected chi connectivity index (χ2v) is 10.2. The molecular formula is C19H28FN3O3S. The van der Waals surface area contributed by atoms with E-state index in [0.29, 0.717) is 18.5 Å². The number of carbonyl (C=O) groups is 1. The molecule has 1 heterocycles. The van der Waals surface area contributed by atoms with Gasteiger partial charge in [0.25, 0.3) is 5.91 Å². The number of hydrogen-bond acceptors (Lipinski definition) is 5. The van der Waals surface area contributed by atoms with Gasteiger partial charge in [0.05, 0.1) is 10.4 Å². The number of halogens is 1. The molecule has 1 aliphatic heterocycles. The van der Waals surface area contributed by atoms with Crippen LogP contribution >= 0.6 is 0 Å². The monoisotopic (exact) mass is 397 g/mol. The number of nitrogens with zero attached hydrogens (tertiary/aromatic N) is 2. The van der Waals surface area contributed by atoms with E-state index in [4.69, 9.17) is 0 Å². The lowest BCUT2D eigenvalue weighted by molar-refractivity contribution is 0.0949. The van der Waals surface area contributed by atoms with E-state index in [9.17, 15) is 17.6 Å². The number of piperazine rings is 1. The lowest BCUT2D eigenvalue weighted by Gasteiger charge is -2.34. The van der Waals surface area contributed by atoms with Gasteiger partial charge in [0.15, 0.2) is 9.84 Å². The quantitative estimate of drug-likeness (QED) is 0.818. The van der Waals surface area contributed by atoms with E-state index in [1.807, 2.05) is 11.9 Å². The first-order valence-electron chi connectivity index (χ1n) is 9.43. The van der Waals surface area contributed by atoms with Gasteiger partial charge < -0.3 is 15.1 Å². The average Bonchev–Trinajstić information content (AvgIpc) is 3.11. The van der Waals surface area contributed by atoms with Gasteiger partial charge in [-0.25, -0.2) is 12.8 Å². The smallest absolute Gasteiger partial charge is 0.251 e. The Labute approximate surface area is 160 Å². The van der Waals surface area contributed by atoms with Crippen LogP contribution in [0.2, 0.25) is 0 Å². The molecule has 27 heavy (non-hydrogen) atoms. The molecule has 1 aliphatic carbocycles. The summed E-state index contributed by atoms with van der Waals surface area (Å²) in [4.78, 5) is 16.6. The highest BCUT2D eigenvalue weighted by atomic mass is 32.2. The Kier molecular flexibility index (Phi) is 5.76. The van der Waals surface area contributed by atoms with Crippen LogP contribution in [0.1, 0.15) is 36.0 Å². The van der Waals surface area contributed by atoms with Gasteiger partial charge in [0, 0.05) is 44.5 Å². The second kappa shape index (κ2) is 7.75. The zero-order valence-electron chi connectivity index (χ0n) is 16.0. The van der Waals surface area contributed by atoms with Crippen LogP contribution in [-0.4, -0.2) is 70.0 Å². The van der Waals surface area contributed by atoms with E-state index in [1.165, 1.54) is 12.3 Å². The molecule has 1 saturated carbocycles. The third-order valence-electron chi connectivity index (χ3n) is 5.93. The van der Waals surface area contributed by atoms with Gasteiger partial charge in [0.2, 0.25) is 0 Å². The first-order chi connectivity index (χ1) is 12.7. The van der Waals surface area contributed by atoms with Crippen LogP contribution in [0.25, 0.3) is 0 Å². The number of nitrogens with one attached hydrogen (secondary N) is 1. The molecule has 150 valence electrons. The highest BCUT2D eigenvalue weighted by Crippen LogP contribution is 2.36. The van der Waals surface area contributed by atoms with Crippen molar-refractivity contribution in [3.05, 3.63) is 29.6 Å². The molecule has 6 nitrogen and oxygen atoms in total. The summed E-state index contributed by atoms with van der Waals surface area (Å²) in [6, 6.07) is 4.48. The molecule has 0 spiro atoms. The first-order valence-corrected chi connectivity index (χ1v) is 11.3. The number of amides is 1. The van der Waals surface area contributed by atoms with Gasteiger partial charge in [-0.05, 0) is 38.1 Å². The standard InChI is InChI=1S/C19H28FN3O3S/c1-22-9-11-23(12-10-22)17-6-5-15(13-16(17)20)18(24)21-14-19(27(2,25)26)7-3-4-8-19/h5-6,13H,3-4,7-12,14H2,1-2H3,(H,21,24). The Morgan fingerprint density at radius 2 is 1.81 bits per heavy atom. The molecule has 1 saturated heterocycles. The Balaban J connectivity index is 1.68. The number of carbonyl (C=O) groups excluding carboxylic acids is 1. The van der Waals surface area contributed by atoms with Gasteiger partial charge in [-0.2, -0.15) is 0 Å². The molecule has 0 radical (unpaired) electrons. The predicted octanol–water partition coefficient (Wildman–Crippen LogP) is 1.66. The van der Waals surface area contributed by atoms with Crippen molar-refractivity contribution in [1.82, 2.24) is 10.2 Å². The zero-order chi connectivity index (χ0) is 19.7. The number of hydrogen-bond donors (Lipinski definition) is 1. The van der Waals surface area contributed by atoms with Crippen molar-refractivity contribution in [3.8, 4) is 0 Å². The fourth-order valence-electron chi connectivity index (χ4n) is 3.99. The molecule has 0 atom stereocenters. The molecule has 1 aromatic rings. The largest absolute Gasteiger partial charge is 0.367 e. The number of benzene rings is 1. The maximum absolute atomic E-state index is 14.6. The highest BCUT2D eigenvalue weighted by Gasteiger charge is 2.43. The van der Waals surface area contributed by atoms with Gasteiger partial charge in [0.1, 0.15) is 5.82 Å². The Morgan fingerprint density at radius 3 is 2.37 bits per heavy atom. The lowest BCUT2D eigenvalue weighted by atomic mass is 10.1. The molecule has 1 N–H and O–H groups in total. The maximum atomic E-state index is 14.6. The average molecular weight is 398 g/mol. The molecule has 0 aromatic heterocycles. The van der Waals surface area contributed by atoms with Crippen LogP contribution in [0.5, 0.6) is 0 Å². The van der Waals surface area contributed by atoms with Crippen LogP contribution in [0, 0.1) is 5.82 Å². The van der Waals surface area contributed by atoms with Crippen LogP contribution in [0.15, 0.2) is 18.2 Å². The molecule has 0 unspecified atom stereocenters. The fraction of sp³-hybridized carbons (Fsp3) is 0.632. The number of likely N-dealkylation sites (N-methyl/N-ethyl adjacent to an activating group) is 1. The molecule has 2 aliphatic rings. The summed E-state index contributed by atoms with van der Waals surface area (Å²) in [6.07, 6.45) is 4.04. The minimum absolute atomic E-state index is 0.0759. The van der Waals surface area contributed by atoms with Crippen LogP contribution in [-0.2, 0) is 9.84 Å². The third kappa shape index (κ3) is 4.27. The summed E-state index contributed by atoms with van der Waals surface area (Å²) in [5.41, 5.74) is 0.718. The summed E-state index contributed by atoms with van der Waals surface area (Å²) in [7, 11) is -1.24. The van der Waals surface area contributed by atoms with E-state index in [0.717, 1.165) is 39.0 Å². The van der Waals surface area contributed by atoms with Crippen LogP contribution in [0.3, 0.4) is 0 Å². The molecule has 1 amide bonds. The summed E-state index contributed by atoms with van der Waals surface area (Å²) in [5.74, 6) is -0.861. The van der Waals surface area contributed by atoms with Crippen molar-refractivity contribution >= 4 is 21.4 Å². The van der Waals surface area contributed by atoms with Crippen molar-refractivity contribution in [2.75, 3.05) is 50.9 Å². The van der Waals surface area contributed by atoms with Gasteiger partial charge >= 0.3 is 0 Å². The van der Waals surface area contributed by atoms with Gasteiger partial charge in [-0.15, -0.1) is 0 Å². The number of rotatable bonds is 5. The molecule has 0 bridgehead atoms. The summed E-state index contributed by atoms with van der Waals surface area (Å²) in [6.45, 7) is 3.31. The van der Waals surface area contributed by atoms with Crippen molar-refractivity contribution in [3.63, 3.8) is 0 Å². The van der Waals surface area contributed by atoms with Crippen LogP contribution in [0.4, 0.5) is 10.1 Å². The summed E-state index contributed by atoms with van der Waals surface area (Å²) < 4.78 is 38.0. The van der Waals surface area contributed by atoms with Crippen molar-refractivity contribution in [2.24, 2.45) is 0 Å². The minimum atomic E-state index is -3.28. The van der Waals surface area contributed by atoms with Crippen molar-refractivity contribution < 1.29 is 17.6 Å². The third-order valence-corrected chi connectivity index (χ3v) is 8.05. The summed E-state index contributed by atoms with van der Waals surface area (Å²) >= 11 is 0. The number of sulfone groups is 1. The van der Waals surface area contributed by atoms with Crippen molar-refractivity contribution in [1.29, 1.82) is 0 Å². The van der Waals surface area contributed by atoms with E-state index in [2.05, 4.69) is 10.2 Å². The maximum Gasteiger partial charge on any atom is 0.251 e. The zero-order valence-corrected chi connectivity index (χ0v) is 16.8.